The molecule has 3 nitrogen and oxygen atoms in total. The summed E-state index contributed by atoms with van der Waals surface area (Å²) < 4.78 is 13.8. The maximum absolute atomic E-state index is 6.88. The zero-order chi connectivity index (χ0) is 31.6. The number of nitrogens with zero attached hydrogens (tertiary/aromatic N) is 1. The molecule has 0 atom stereocenters. The Hall–Kier alpha value is -6.26. The molecule has 10 rings (SSSR count). The molecule has 48 heavy (non-hydrogen) atoms. The van der Waals surface area contributed by atoms with Crippen molar-refractivity contribution in [2.45, 2.75) is 0 Å². The predicted octanol–water partition coefficient (Wildman–Crippen LogP) is 9.86. The van der Waals surface area contributed by atoms with Crippen molar-refractivity contribution in [3.05, 3.63) is 170 Å². The molecule has 224 valence electrons. The molecule has 0 bridgehead atoms. The van der Waals surface area contributed by atoms with Gasteiger partial charge in [0.05, 0.1) is 5.69 Å². The molecule has 8 aromatic carbocycles. The van der Waals surface area contributed by atoms with Gasteiger partial charge in [-0.15, -0.1) is 0 Å². The fourth-order valence-corrected chi connectivity index (χ4v) is 7.74. The molecule has 4 heteroatoms. The minimum absolute atomic E-state index is 0.0699. The van der Waals surface area contributed by atoms with Crippen LogP contribution in [0.3, 0.4) is 0 Å². The van der Waals surface area contributed by atoms with Gasteiger partial charge >= 0.3 is 0 Å². The highest BCUT2D eigenvalue weighted by molar-refractivity contribution is 6.99. The van der Waals surface area contributed by atoms with E-state index in [1.165, 1.54) is 16.3 Å². The van der Waals surface area contributed by atoms with Crippen LogP contribution in [0.1, 0.15) is 0 Å². The molecule has 2 aliphatic rings. The van der Waals surface area contributed by atoms with Crippen molar-refractivity contribution in [2.75, 3.05) is 4.90 Å². The van der Waals surface area contributed by atoms with Crippen molar-refractivity contribution in [1.29, 1.82) is 0 Å². The van der Waals surface area contributed by atoms with E-state index in [1.807, 2.05) is 6.07 Å². The summed E-state index contributed by atoms with van der Waals surface area (Å²) in [6.45, 7) is -0.0699. The average Bonchev–Trinajstić information content (AvgIpc) is 3.15. The number of anilines is 3. The Labute approximate surface area is 279 Å². The van der Waals surface area contributed by atoms with E-state index >= 15 is 0 Å². The first-order valence-corrected chi connectivity index (χ1v) is 16.4. The Balaban J connectivity index is 1.25. The summed E-state index contributed by atoms with van der Waals surface area (Å²) >= 11 is 0. The van der Waals surface area contributed by atoms with Crippen molar-refractivity contribution in [3.63, 3.8) is 0 Å². The third kappa shape index (κ3) is 4.03. The second kappa shape index (κ2) is 10.6. The first-order valence-electron chi connectivity index (χ1n) is 16.4. The average molecular weight is 614 g/mol. The van der Waals surface area contributed by atoms with Gasteiger partial charge in [-0.3, -0.25) is 0 Å². The summed E-state index contributed by atoms with van der Waals surface area (Å²) in [6.07, 6.45) is 0. The fourth-order valence-electron chi connectivity index (χ4n) is 7.74. The van der Waals surface area contributed by atoms with Gasteiger partial charge < -0.3 is 14.4 Å². The van der Waals surface area contributed by atoms with Gasteiger partial charge in [0.2, 0.25) is 0 Å². The largest absolute Gasteiger partial charge is 0.458 e. The molecule has 0 saturated carbocycles. The fraction of sp³-hybridized carbons (Fsp3) is 0. The summed E-state index contributed by atoms with van der Waals surface area (Å²) in [6, 6.07) is 59.9. The maximum Gasteiger partial charge on any atom is 0.261 e. The number of fused-ring (bicyclic) bond motifs is 7. The van der Waals surface area contributed by atoms with E-state index in [-0.39, 0.29) is 6.71 Å². The van der Waals surface area contributed by atoms with Crippen LogP contribution in [-0.4, -0.2) is 6.71 Å². The molecular formula is C44H28BNO2. The van der Waals surface area contributed by atoms with Gasteiger partial charge in [-0.2, -0.15) is 0 Å². The standard InChI is InChI=1S/C44H28BNO2/c1-3-16-30(17-4-1)46(31-18-5-2-6-19-31)38-28-41-42(35-22-10-9-21-34(35)38)45-37-25-12-24-36(33-23-11-15-29-14-7-8-20-32(29)33)44(37)48-40-27-13-26-39(47-41)43(40)45/h1-28H. The first-order chi connectivity index (χ1) is 23.8. The van der Waals surface area contributed by atoms with E-state index < -0.39 is 0 Å². The van der Waals surface area contributed by atoms with Crippen LogP contribution < -0.4 is 30.8 Å². The summed E-state index contributed by atoms with van der Waals surface area (Å²) in [4.78, 5) is 2.33. The molecule has 0 amide bonds. The van der Waals surface area contributed by atoms with Gasteiger partial charge in [0.25, 0.3) is 6.71 Å². The zero-order valence-electron chi connectivity index (χ0n) is 26.0. The number of rotatable bonds is 4. The van der Waals surface area contributed by atoms with Crippen molar-refractivity contribution < 1.29 is 9.47 Å². The van der Waals surface area contributed by atoms with Crippen LogP contribution in [0.25, 0.3) is 32.7 Å². The van der Waals surface area contributed by atoms with Gasteiger partial charge in [0.15, 0.2) is 0 Å². The predicted molar refractivity (Wildman–Crippen MR) is 199 cm³/mol. The molecule has 0 spiro atoms. The number of hydrogen-bond donors (Lipinski definition) is 0. The van der Waals surface area contributed by atoms with E-state index in [1.54, 1.807) is 0 Å². The summed E-state index contributed by atoms with van der Waals surface area (Å²) in [5, 5.41) is 4.74. The molecule has 2 heterocycles. The molecule has 0 unspecified atom stereocenters. The normalized spacial score (nSPS) is 12.5. The van der Waals surface area contributed by atoms with Gasteiger partial charge in [0.1, 0.15) is 23.0 Å². The van der Waals surface area contributed by atoms with Crippen LogP contribution in [-0.2, 0) is 0 Å². The number of hydrogen-bond acceptors (Lipinski definition) is 3. The Bertz CT molecular complexity index is 2480. The molecule has 0 fully saturated rings. The van der Waals surface area contributed by atoms with Crippen molar-refractivity contribution in [3.8, 4) is 34.1 Å². The van der Waals surface area contributed by atoms with Crippen LogP contribution in [0.2, 0.25) is 0 Å². The first kappa shape index (κ1) is 26.9. The van der Waals surface area contributed by atoms with Crippen LogP contribution in [0.15, 0.2) is 170 Å². The second-order valence-electron chi connectivity index (χ2n) is 12.4. The summed E-state index contributed by atoms with van der Waals surface area (Å²) in [7, 11) is 0. The Morgan fingerprint density at radius 1 is 0.417 bits per heavy atom. The molecule has 0 aliphatic carbocycles. The highest BCUT2D eigenvalue weighted by Gasteiger charge is 2.42. The molecule has 0 N–H and O–H groups in total. The van der Waals surface area contributed by atoms with Crippen molar-refractivity contribution >= 4 is 61.7 Å². The summed E-state index contributed by atoms with van der Waals surface area (Å²) in [5.74, 6) is 3.43. The molecule has 0 aromatic heterocycles. The molecule has 8 aromatic rings. The summed E-state index contributed by atoms with van der Waals surface area (Å²) in [5.41, 5.74) is 8.88. The lowest BCUT2D eigenvalue weighted by atomic mass is 9.34. The Kier molecular flexibility index (Phi) is 5.97. The third-order valence-electron chi connectivity index (χ3n) is 9.77. The Morgan fingerprint density at radius 3 is 1.77 bits per heavy atom. The lowest BCUT2D eigenvalue weighted by molar-refractivity contribution is 0.466. The van der Waals surface area contributed by atoms with Crippen LogP contribution in [0, 0.1) is 0 Å². The molecule has 0 radical (unpaired) electrons. The minimum atomic E-state index is -0.0699. The monoisotopic (exact) mass is 613 g/mol. The molecule has 2 aliphatic heterocycles. The highest BCUT2D eigenvalue weighted by atomic mass is 16.5. The van der Waals surface area contributed by atoms with Gasteiger partial charge in [-0.1, -0.05) is 127 Å². The Morgan fingerprint density at radius 2 is 1.00 bits per heavy atom. The molecule has 0 saturated heterocycles. The van der Waals surface area contributed by atoms with Gasteiger partial charge in [-0.05, 0) is 69.0 Å². The van der Waals surface area contributed by atoms with Crippen LogP contribution >= 0.6 is 0 Å². The van der Waals surface area contributed by atoms with Crippen molar-refractivity contribution in [1.82, 2.24) is 0 Å². The molecular weight excluding hydrogens is 585 g/mol. The third-order valence-corrected chi connectivity index (χ3v) is 9.77. The number of para-hydroxylation sites is 3. The van der Waals surface area contributed by atoms with Crippen molar-refractivity contribution in [2.24, 2.45) is 0 Å². The highest BCUT2D eigenvalue weighted by Crippen LogP contribution is 2.45. The van der Waals surface area contributed by atoms with E-state index in [0.29, 0.717) is 0 Å². The topological polar surface area (TPSA) is 21.7 Å². The lowest BCUT2D eigenvalue weighted by Gasteiger charge is -2.36. The van der Waals surface area contributed by atoms with E-state index in [0.717, 1.165) is 72.8 Å². The zero-order valence-corrected chi connectivity index (χ0v) is 26.0. The van der Waals surface area contributed by atoms with Crippen LogP contribution in [0.5, 0.6) is 23.0 Å². The SMILES string of the molecule is c1ccc(N(c2ccccc2)c2cc3c(c4ccccc24)B2c4cccc(-c5cccc6ccccc56)c4Oc4cccc(c42)O3)cc1. The van der Waals surface area contributed by atoms with E-state index in [9.17, 15) is 0 Å². The number of benzene rings is 8. The quantitative estimate of drug-likeness (QED) is 0.185. The maximum atomic E-state index is 6.88. The minimum Gasteiger partial charge on any atom is -0.458 e. The smallest absolute Gasteiger partial charge is 0.261 e. The van der Waals surface area contributed by atoms with Gasteiger partial charge in [-0.25, -0.2) is 0 Å². The van der Waals surface area contributed by atoms with E-state index in [4.69, 9.17) is 9.47 Å². The van der Waals surface area contributed by atoms with E-state index in [2.05, 4.69) is 169 Å². The van der Waals surface area contributed by atoms with Crippen LogP contribution in [0.4, 0.5) is 17.1 Å². The number of ether oxygens (including phenoxy) is 2. The second-order valence-corrected chi connectivity index (χ2v) is 12.4. The van der Waals surface area contributed by atoms with Gasteiger partial charge in [0, 0.05) is 33.9 Å². The lowest BCUT2D eigenvalue weighted by Crippen LogP contribution is -2.57.